The highest BCUT2D eigenvalue weighted by atomic mass is 35.5. The van der Waals surface area contributed by atoms with Crippen LogP contribution >= 0.6 is 23.2 Å². The van der Waals surface area contributed by atoms with E-state index in [1.54, 1.807) is 24.3 Å². The molecule has 0 heterocycles. The molecule has 32 heavy (non-hydrogen) atoms. The molecular formula is C22H25Cl2N3O4S. The Balaban J connectivity index is 1.46. The van der Waals surface area contributed by atoms with Gasteiger partial charge in [0.15, 0.2) is 0 Å². The average Bonchev–Trinajstić information content (AvgIpc) is 2.77. The smallest absolute Gasteiger partial charge is 0.313 e. The van der Waals surface area contributed by atoms with Crippen molar-refractivity contribution in [3.8, 4) is 0 Å². The van der Waals surface area contributed by atoms with Crippen LogP contribution < -0.4 is 15.4 Å². The van der Waals surface area contributed by atoms with Crippen molar-refractivity contribution in [2.75, 3.05) is 11.9 Å². The van der Waals surface area contributed by atoms with Crippen LogP contribution in [-0.2, 0) is 26.0 Å². The Kier molecular flexibility index (Phi) is 8.53. The predicted molar refractivity (Wildman–Crippen MR) is 125 cm³/mol. The van der Waals surface area contributed by atoms with Gasteiger partial charge in [-0.15, -0.1) is 0 Å². The monoisotopic (exact) mass is 497 g/mol. The lowest BCUT2D eigenvalue weighted by Crippen LogP contribution is -2.36. The number of rotatable bonds is 7. The first kappa shape index (κ1) is 24.5. The molecule has 0 unspecified atom stereocenters. The Morgan fingerprint density at radius 1 is 0.906 bits per heavy atom. The zero-order valence-electron chi connectivity index (χ0n) is 17.4. The number of amides is 2. The fourth-order valence-corrected chi connectivity index (χ4v) is 5.11. The van der Waals surface area contributed by atoms with Crippen LogP contribution in [-0.4, -0.2) is 32.8 Å². The minimum Gasteiger partial charge on any atom is -0.347 e. The van der Waals surface area contributed by atoms with Gasteiger partial charge < -0.3 is 10.6 Å². The zero-order valence-corrected chi connectivity index (χ0v) is 19.7. The van der Waals surface area contributed by atoms with E-state index in [2.05, 4.69) is 15.4 Å². The maximum absolute atomic E-state index is 12.6. The van der Waals surface area contributed by atoms with Gasteiger partial charge in [0.1, 0.15) is 0 Å². The predicted octanol–water partition coefficient (Wildman–Crippen LogP) is 3.90. The van der Waals surface area contributed by atoms with Crippen LogP contribution in [0.5, 0.6) is 0 Å². The van der Waals surface area contributed by atoms with Crippen molar-refractivity contribution in [2.24, 2.45) is 0 Å². The second kappa shape index (κ2) is 11.1. The third kappa shape index (κ3) is 6.93. The Labute approximate surface area is 197 Å². The van der Waals surface area contributed by atoms with Gasteiger partial charge >= 0.3 is 11.8 Å². The van der Waals surface area contributed by atoms with Crippen molar-refractivity contribution in [1.29, 1.82) is 0 Å². The van der Waals surface area contributed by atoms with E-state index in [0.29, 0.717) is 17.1 Å². The normalized spacial score (nSPS) is 14.7. The largest absolute Gasteiger partial charge is 0.347 e. The molecule has 1 aliphatic rings. The highest BCUT2D eigenvalue weighted by Gasteiger charge is 2.21. The summed E-state index contributed by atoms with van der Waals surface area (Å²) < 4.78 is 27.9. The maximum atomic E-state index is 12.6. The highest BCUT2D eigenvalue weighted by molar-refractivity contribution is 7.89. The molecule has 1 aliphatic carbocycles. The van der Waals surface area contributed by atoms with E-state index in [9.17, 15) is 18.0 Å². The van der Waals surface area contributed by atoms with Gasteiger partial charge in [0.25, 0.3) is 0 Å². The Bertz CT molecular complexity index is 1070. The van der Waals surface area contributed by atoms with Crippen LogP contribution in [0.1, 0.15) is 37.7 Å². The summed E-state index contributed by atoms with van der Waals surface area (Å²) in [6.45, 7) is 0.222. The molecule has 10 heteroatoms. The van der Waals surface area contributed by atoms with Gasteiger partial charge in [-0.2, -0.15) is 0 Å². The van der Waals surface area contributed by atoms with Crippen molar-refractivity contribution in [1.82, 2.24) is 10.0 Å². The van der Waals surface area contributed by atoms with Crippen LogP contribution in [0, 0.1) is 0 Å². The van der Waals surface area contributed by atoms with Crippen molar-refractivity contribution in [2.45, 2.75) is 49.5 Å². The summed E-state index contributed by atoms with van der Waals surface area (Å²) in [6, 6.07) is 11.0. The van der Waals surface area contributed by atoms with Gasteiger partial charge in [0.05, 0.1) is 14.9 Å². The third-order valence-corrected chi connectivity index (χ3v) is 7.52. The average molecular weight is 498 g/mol. The molecule has 1 saturated carbocycles. The number of hydrogen-bond donors (Lipinski definition) is 3. The van der Waals surface area contributed by atoms with E-state index >= 15 is 0 Å². The standard InChI is InChI=1S/C22H25Cl2N3O4S/c23-19-11-8-17(14-20(19)24)26-22(29)21(28)25-13-12-15-6-9-18(10-7-15)32(30,31)27-16-4-2-1-3-5-16/h6-11,14,16,27H,1-5,12-13H2,(H,25,28)(H,26,29). The van der Waals surface area contributed by atoms with E-state index < -0.39 is 21.8 Å². The van der Waals surface area contributed by atoms with Gasteiger partial charge in [-0.25, -0.2) is 13.1 Å². The summed E-state index contributed by atoms with van der Waals surface area (Å²) in [5, 5.41) is 5.60. The molecule has 7 nitrogen and oxygen atoms in total. The van der Waals surface area contributed by atoms with Crippen LogP contribution in [0.4, 0.5) is 5.69 Å². The van der Waals surface area contributed by atoms with E-state index in [-0.39, 0.29) is 22.5 Å². The number of anilines is 1. The van der Waals surface area contributed by atoms with Crippen LogP contribution in [0.3, 0.4) is 0 Å². The number of carbonyl (C=O) groups excluding carboxylic acids is 2. The third-order valence-electron chi connectivity index (χ3n) is 5.24. The molecule has 0 radical (unpaired) electrons. The van der Waals surface area contributed by atoms with Crippen molar-refractivity contribution < 1.29 is 18.0 Å². The van der Waals surface area contributed by atoms with Crippen molar-refractivity contribution in [3.05, 3.63) is 58.1 Å². The fourth-order valence-electron chi connectivity index (χ4n) is 3.51. The van der Waals surface area contributed by atoms with Gasteiger partial charge in [-0.3, -0.25) is 9.59 Å². The molecule has 3 N–H and O–H groups in total. The highest BCUT2D eigenvalue weighted by Crippen LogP contribution is 2.25. The molecule has 2 aromatic rings. The molecule has 1 fully saturated rings. The number of hydrogen-bond acceptors (Lipinski definition) is 4. The zero-order chi connectivity index (χ0) is 23.1. The quantitative estimate of drug-likeness (QED) is 0.504. The Morgan fingerprint density at radius 2 is 1.59 bits per heavy atom. The van der Waals surface area contributed by atoms with E-state index in [4.69, 9.17) is 23.2 Å². The molecule has 0 atom stereocenters. The van der Waals surface area contributed by atoms with Gasteiger partial charge in [-0.05, 0) is 55.2 Å². The molecule has 2 aromatic carbocycles. The SMILES string of the molecule is O=C(NCCc1ccc(S(=O)(=O)NC2CCCCC2)cc1)C(=O)Nc1ccc(Cl)c(Cl)c1. The lowest BCUT2D eigenvalue weighted by molar-refractivity contribution is -0.136. The molecule has 0 spiro atoms. The van der Waals surface area contributed by atoms with E-state index in [1.165, 1.54) is 18.2 Å². The molecule has 2 amide bonds. The first-order chi connectivity index (χ1) is 15.2. The van der Waals surface area contributed by atoms with Gasteiger partial charge in [-0.1, -0.05) is 54.6 Å². The Hall–Kier alpha value is -2.13. The van der Waals surface area contributed by atoms with Crippen molar-refractivity contribution >= 4 is 50.7 Å². The second-order valence-electron chi connectivity index (χ2n) is 7.69. The number of benzene rings is 2. The summed E-state index contributed by atoms with van der Waals surface area (Å²) in [6.07, 6.45) is 5.43. The summed E-state index contributed by atoms with van der Waals surface area (Å²) in [4.78, 5) is 24.2. The minimum absolute atomic E-state index is 0.00122. The number of nitrogens with one attached hydrogen (secondary N) is 3. The summed E-state index contributed by atoms with van der Waals surface area (Å²) >= 11 is 11.7. The van der Waals surface area contributed by atoms with Crippen LogP contribution in [0.25, 0.3) is 0 Å². The maximum Gasteiger partial charge on any atom is 0.313 e. The lowest BCUT2D eigenvalue weighted by Gasteiger charge is -2.22. The molecule has 0 bridgehead atoms. The summed E-state index contributed by atoms with van der Waals surface area (Å²) in [7, 11) is -3.55. The van der Waals surface area contributed by atoms with E-state index in [0.717, 1.165) is 37.7 Å². The molecular weight excluding hydrogens is 473 g/mol. The first-order valence-electron chi connectivity index (χ1n) is 10.4. The molecule has 0 saturated heterocycles. The first-order valence-corrected chi connectivity index (χ1v) is 12.6. The molecule has 172 valence electrons. The summed E-state index contributed by atoms with van der Waals surface area (Å²) in [5.74, 6) is -1.61. The fraction of sp³-hybridized carbons (Fsp3) is 0.364. The molecule has 0 aromatic heterocycles. The Morgan fingerprint density at radius 3 is 2.25 bits per heavy atom. The molecule has 3 rings (SSSR count). The second-order valence-corrected chi connectivity index (χ2v) is 10.2. The van der Waals surface area contributed by atoms with Crippen LogP contribution in [0.2, 0.25) is 10.0 Å². The van der Waals surface area contributed by atoms with E-state index in [1.807, 2.05) is 0 Å². The van der Waals surface area contributed by atoms with Gasteiger partial charge in [0, 0.05) is 18.3 Å². The van der Waals surface area contributed by atoms with Crippen LogP contribution in [0.15, 0.2) is 47.4 Å². The van der Waals surface area contributed by atoms with Crippen molar-refractivity contribution in [3.63, 3.8) is 0 Å². The van der Waals surface area contributed by atoms with Gasteiger partial charge in [0.2, 0.25) is 10.0 Å². The summed E-state index contributed by atoms with van der Waals surface area (Å²) in [5.41, 5.74) is 1.20. The molecule has 0 aliphatic heterocycles. The lowest BCUT2D eigenvalue weighted by atomic mass is 9.96. The number of halogens is 2. The minimum atomic E-state index is -3.55. The number of sulfonamides is 1. The topological polar surface area (TPSA) is 104 Å². The number of carbonyl (C=O) groups is 2.